The van der Waals surface area contributed by atoms with Crippen LogP contribution in [-0.4, -0.2) is 50.2 Å². The highest BCUT2D eigenvalue weighted by Gasteiger charge is 2.17. The third kappa shape index (κ3) is 18.9. The molecule has 0 spiro atoms. The first kappa shape index (κ1) is 28.9. The van der Waals surface area contributed by atoms with Gasteiger partial charge in [-0.3, -0.25) is 9.59 Å². The van der Waals surface area contributed by atoms with Gasteiger partial charge in [0.1, 0.15) is 13.2 Å². The van der Waals surface area contributed by atoms with Gasteiger partial charge >= 0.3 is 11.9 Å². The zero-order valence-electron chi connectivity index (χ0n) is 20.4. The predicted molar refractivity (Wildman–Crippen MR) is 125 cm³/mol. The van der Waals surface area contributed by atoms with Gasteiger partial charge in [-0.25, -0.2) is 0 Å². The van der Waals surface area contributed by atoms with Crippen molar-refractivity contribution in [1.82, 2.24) is 4.90 Å². The molecule has 0 aromatic carbocycles. The summed E-state index contributed by atoms with van der Waals surface area (Å²) < 4.78 is 10.8. The second-order valence-electron chi connectivity index (χ2n) is 8.73. The van der Waals surface area contributed by atoms with Gasteiger partial charge in [-0.1, -0.05) is 90.9 Å². The highest BCUT2D eigenvalue weighted by atomic mass is 16.5. The molecule has 0 bridgehead atoms. The maximum absolute atomic E-state index is 12.0. The number of nitrogens with zero attached hydrogens (tertiary/aromatic N) is 1. The quantitative estimate of drug-likeness (QED) is 0.159. The summed E-state index contributed by atoms with van der Waals surface area (Å²) >= 11 is 0. The summed E-state index contributed by atoms with van der Waals surface area (Å²) in [6, 6.07) is -0.0963. The second-order valence-corrected chi connectivity index (χ2v) is 8.73. The normalized spacial score (nSPS) is 11.3. The van der Waals surface area contributed by atoms with Crippen LogP contribution in [0.15, 0.2) is 0 Å². The van der Waals surface area contributed by atoms with Crippen molar-refractivity contribution in [3.63, 3.8) is 0 Å². The third-order valence-electron chi connectivity index (χ3n) is 5.57. The zero-order chi connectivity index (χ0) is 22.5. The molecular formula is C25H49NO4. The summed E-state index contributed by atoms with van der Waals surface area (Å²) in [5, 5.41) is 0. The second kappa shape index (κ2) is 21.1. The molecule has 0 aliphatic rings. The molecule has 0 rings (SSSR count). The number of rotatable bonds is 21. The monoisotopic (exact) mass is 427 g/mol. The summed E-state index contributed by atoms with van der Waals surface area (Å²) in [7, 11) is 3.83. The molecule has 0 amide bonds. The number of ether oxygens (including phenoxy) is 2. The van der Waals surface area contributed by atoms with Gasteiger partial charge < -0.3 is 14.4 Å². The Balaban J connectivity index is 3.80. The zero-order valence-corrected chi connectivity index (χ0v) is 20.4. The van der Waals surface area contributed by atoms with E-state index in [1.807, 2.05) is 19.0 Å². The van der Waals surface area contributed by atoms with Crippen molar-refractivity contribution in [3.8, 4) is 0 Å². The lowest BCUT2D eigenvalue weighted by Gasteiger charge is -2.23. The van der Waals surface area contributed by atoms with E-state index in [1.54, 1.807) is 0 Å². The molecule has 0 aliphatic heterocycles. The van der Waals surface area contributed by atoms with Crippen LogP contribution in [0, 0.1) is 0 Å². The molecule has 0 heterocycles. The lowest BCUT2D eigenvalue weighted by Crippen LogP contribution is -2.38. The Bertz CT molecular complexity index is 378. The average Bonchev–Trinajstić information content (AvgIpc) is 2.72. The van der Waals surface area contributed by atoms with Crippen LogP contribution in [0.1, 0.15) is 117 Å². The van der Waals surface area contributed by atoms with Crippen molar-refractivity contribution in [3.05, 3.63) is 0 Å². The Morgan fingerprint density at radius 1 is 0.600 bits per heavy atom. The number of hydrogen-bond donors (Lipinski definition) is 0. The Labute approximate surface area is 186 Å². The van der Waals surface area contributed by atoms with Crippen molar-refractivity contribution < 1.29 is 19.1 Å². The third-order valence-corrected chi connectivity index (χ3v) is 5.57. The Morgan fingerprint density at radius 2 is 0.933 bits per heavy atom. The van der Waals surface area contributed by atoms with E-state index < -0.39 is 0 Å². The number of esters is 2. The standard InChI is InChI=1S/C25H49NO4/c1-5-7-9-11-13-15-17-19-24(27)29-21-23(26(3)4)22-30-25(28)20-18-16-14-12-10-8-6-2/h23H,5-22H2,1-4H3. The molecule has 5 heteroatoms. The molecule has 30 heavy (non-hydrogen) atoms. The number of carbonyl (C=O) groups excluding carboxylic acids is 2. The fourth-order valence-corrected chi connectivity index (χ4v) is 3.32. The molecule has 0 saturated heterocycles. The van der Waals surface area contributed by atoms with E-state index in [4.69, 9.17) is 9.47 Å². The maximum Gasteiger partial charge on any atom is 0.305 e. The van der Waals surface area contributed by atoms with Gasteiger partial charge in [-0.2, -0.15) is 0 Å². The molecule has 0 N–H and O–H groups in total. The molecule has 0 unspecified atom stereocenters. The SMILES string of the molecule is CCCCCCCCCC(=O)OCC(COC(=O)CCCCCCCCC)N(C)C. The highest BCUT2D eigenvalue weighted by molar-refractivity contribution is 5.69. The topological polar surface area (TPSA) is 55.8 Å². The fraction of sp³-hybridized carbons (Fsp3) is 0.920. The van der Waals surface area contributed by atoms with Gasteiger partial charge in [-0.05, 0) is 26.9 Å². The van der Waals surface area contributed by atoms with Crippen LogP contribution in [-0.2, 0) is 19.1 Å². The van der Waals surface area contributed by atoms with Crippen LogP contribution in [0.4, 0.5) is 0 Å². The van der Waals surface area contributed by atoms with Crippen LogP contribution in [0.25, 0.3) is 0 Å². The van der Waals surface area contributed by atoms with Crippen molar-refractivity contribution in [2.75, 3.05) is 27.3 Å². The van der Waals surface area contributed by atoms with Crippen LogP contribution < -0.4 is 0 Å². The largest absolute Gasteiger partial charge is 0.464 e. The van der Waals surface area contributed by atoms with Crippen molar-refractivity contribution in [2.24, 2.45) is 0 Å². The Hall–Kier alpha value is -1.10. The van der Waals surface area contributed by atoms with Crippen LogP contribution in [0.3, 0.4) is 0 Å². The molecule has 178 valence electrons. The van der Waals surface area contributed by atoms with Crippen LogP contribution in [0.2, 0.25) is 0 Å². The summed E-state index contributed by atoms with van der Waals surface area (Å²) in [6.07, 6.45) is 17.5. The minimum atomic E-state index is -0.148. The van der Waals surface area contributed by atoms with Gasteiger partial charge in [0.2, 0.25) is 0 Å². The minimum absolute atomic E-state index is 0.0963. The lowest BCUT2D eigenvalue weighted by atomic mass is 10.1. The molecular weight excluding hydrogens is 378 g/mol. The number of hydrogen-bond acceptors (Lipinski definition) is 5. The van der Waals surface area contributed by atoms with E-state index in [0.717, 1.165) is 25.7 Å². The first-order valence-corrected chi connectivity index (χ1v) is 12.5. The molecule has 0 atom stereocenters. The lowest BCUT2D eigenvalue weighted by molar-refractivity contribution is -0.149. The van der Waals surface area contributed by atoms with E-state index in [2.05, 4.69) is 13.8 Å². The maximum atomic E-state index is 12.0. The first-order chi connectivity index (χ1) is 14.5. The molecule has 5 nitrogen and oxygen atoms in total. The molecule has 0 aliphatic carbocycles. The first-order valence-electron chi connectivity index (χ1n) is 12.5. The molecule has 0 fully saturated rings. The smallest absolute Gasteiger partial charge is 0.305 e. The summed E-state index contributed by atoms with van der Waals surface area (Å²) in [4.78, 5) is 25.9. The van der Waals surface area contributed by atoms with Gasteiger partial charge in [0.15, 0.2) is 0 Å². The summed E-state index contributed by atoms with van der Waals surface area (Å²) in [5.74, 6) is -0.297. The Morgan fingerprint density at radius 3 is 1.27 bits per heavy atom. The summed E-state index contributed by atoms with van der Waals surface area (Å²) in [6.45, 7) is 4.98. The van der Waals surface area contributed by atoms with Gasteiger partial charge in [0, 0.05) is 12.8 Å². The van der Waals surface area contributed by atoms with Crippen molar-refractivity contribution >= 4 is 11.9 Å². The van der Waals surface area contributed by atoms with Crippen LogP contribution in [0.5, 0.6) is 0 Å². The highest BCUT2D eigenvalue weighted by Crippen LogP contribution is 2.10. The molecule has 0 saturated carbocycles. The number of carbonyl (C=O) groups is 2. The van der Waals surface area contributed by atoms with E-state index >= 15 is 0 Å². The van der Waals surface area contributed by atoms with Gasteiger partial charge in [0.05, 0.1) is 6.04 Å². The fourth-order valence-electron chi connectivity index (χ4n) is 3.32. The minimum Gasteiger partial charge on any atom is -0.464 e. The van der Waals surface area contributed by atoms with E-state index in [9.17, 15) is 9.59 Å². The molecule has 0 aromatic heterocycles. The number of likely N-dealkylation sites (N-methyl/N-ethyl adjacent to an activating group) is 1. The Kier molecular flexibility index (Phi) is 20.4. The number of unbranched alkanes of at least 4 members (excludes halogenated alkanes) is 12. The van der Waals surface area contributed by atoms with Gasteiger partial charge in [0.25, 0.3) is 0 Å². The van der Waals surface area contributed by atoms with Crippen molar-refractivity contribution in [2.45, 2.75) is 123 Å². The van der Waals surface area contributed by atoms with E-state index in [0.29, 0.717) is 12.8 Å². The van der Waals surface area contributed by atoms with E-state index in [1.165, 1.54) is 64.2 Å². The molecule has 0 radical (unpaired) electrons. The molecule has 0 aromatic rings. The average molecular weight is 428 g/mol. The predicted octanol–water partition coefficient (Wildman–Crippen LogP) is 6.28. The summed E-state index contributed by atoms with van der Waals surface area (Å²) in [5.41, 5.74) is 0. The van der Waals surface area contributed by atoms with Crippen LogP contribution >= 0.6 is 0 Å². The van der Waals surface area contributed by atoms with E-state index in [-0.39, 0.29) is 31.2 Å². The van der Waals surface area contributed by atoms with Crippen molar-refractivity contribution in [1.29, 1.82) is 0 Å². The van der Waals surface area contributed by atoms with Gasteiger partial charge in [-0.15, -0.1) is 0 Å².